The number of fused-ring (bicyclic) bond motifs is 1. The van der Waals surface area contributed by atoms with Gasteiger partial charge in [0.15, 0.2) is 16.6 Å². The monoisotopic (exact) mass is 435 g/mol. The van der Waals surface area contributed by atoms with Gasteiger partial charge >= 0.3 is 0 Å². The molecular weight excluding hydrogens is 414 g/mol. The quantitative estimate of drug-likeness (QED) is 0.640. The van der Waals surface area contributed by atoms with Crippen molar-refractivity contribution in [1.29, 1.82) is 0 Å². The third-order valence-corrected chi connectivity index (χ3v) is 4.91. The molecule has 0 fully saturated rings. The van der Waals surface area contributed by atoms with Crippen molar-refractivity contribution in [1.82, 2.24) is 16.0 Å². The standard InChI is InChI=1S/C23H21N3O4S/c27-21(15-5-2-1-3-6-15)24-17-7-4-8-18(14-17)25-23(31)26-22(28)16-9-10-19-20(13-16)30-12-11-29-19/h1-6,8-10,13-14,17H,7,11-12H2,(H,24,27)(H2,25,26,28,31). The van der Waals surface area contributed by atoms with E-state index in [1.54, 1.807) is 30.3 Å². The van der Waals surface area contributed by atoms with Crippen LogP contribution in [0, 0.1) is 0 Å². The van der Waals surface area contributed by atoms with Gasteiger partial charge < -0.3 is 20.1 Å². The zero-order chi connectivity index (χ0) is 21.6. The lowest BCUT2D eigenvalue weighted by atomic mass is 10.1. The molecule has 31 heavy (non-hydrogen) atoms. The average Bonchev–Trinajstić information content (AvgIpc) is 2.79. The van der Waals surface area contributed by atoms with Crippen molar-refractivity contribution < 1.29 is 19.1 Å². The van der Waals surface area contributed by atoms with Gasteiger partial charge in [-0.3, -0.25) is 14.9 Å². The van der Waals surface area contributed by atoms with E-state index in [0.717, 1.165) is 0 Å². The van der Waals surface area contributed by atoms with Crippen LogP contribution in [0.1, 0.15) is 27.1 Å². The summed E-state index contributed by atoms with van der Waals surface area (Å²) in [7, 11) is 0. The van der Waals surface area contributed by atoms with E-state index in [4.69, 9.17) is 21.7 Å². The summed E-state index contributed by atoms with van der Waals surface area (Å²) >= 11 is 5.27. The van der Waals surface area contributed by atoms with E-state index in [9.17, 15) is 9.59 Å². The Kier molecular flexibility index (Phi) is 6.28. The number of amides is 2. The molecule has 0 bridgehead atoms. The summed E-state index contributed by atoms with van der Waals surface area (Å²) in [5.41, 5.74) is 1.70. The number of carbonyl (C=O) groups excluding carboxylic acids is 2. The van der Waals surface area contributed by atoms with Crippen LogP contribution >= 0.6 is 12.2 Å². The number of hydrogen-bond donors (Lipinski definition) is 3. The third kappa shape index (κ3) is 5.29. The summed E-state index contributed by atoms with van der Waals surface area (Å²) in [6.45, 7) is 0.933. The minimum absolute atomic E-state index is 0.147. The summed E-state index contributed by atoms with van der Waals surface area (Å²) in [6, 6.07) is 13.8. The largest absolute Gasteiger partial charge is 0.486 e. The fraction of sp³-hybridized carbons (Fsp3) is 0.174. The Balaban J connectivity index is 1.34. The van der Waals surface area contributed by atoms with Gasteiger partial charge in [-0.1, -0.05) is 24.3 Å². The number of allylic oxidation sites excluding steroid dienone is 1. The second-order valence-corrected chi connectivity index (χ2v) is 7.38. The molecule has 1 heterocycles. The Morgan fingerprint density at radius 1 is 0.935 bits per heavy atom. The van der Waals surface area contributed by atoms with E-state index in [2.05, 4.69) is 16.0 Å². The molecule has 158 valence electrons. The maximum absolute atomic E-state index is 12.5. The Morgan fingerprint density at radius 3 is 2.52 bits per heavy atom. The fourth-order valence-corrected chi connectivity index (χ4v) is 3.44. The van der Waals surface area contributed by atoms with E-state index in [1.165, 1.54) is 0 Å². The van der Waals surface area contributed by atoms with Crippen LogP contribution in [0.2, 0.25) is 0 Å². The van der Waals surface area contributed by atoms with Gasteiger partial charge in [0.05, 0.1) is 6.04 Å². The molecule has 2 amide bonds. The number of nitrogens with one attached hydrogen (secondary N) is 3. The Bertz CT molecular complexity index is 1070. The normalized spacial score (nSPS) is 16.6. The second-order valence-electron chi connectivity index (χ2n) is 6.97. The first-order chi connectivity index (χ1) is 15.1. The molecule has 0 aromatic heterocycles. The van der Waals surface area contributed by atoms with Gasteiger partial charge in [0.25, 0.3) is 11.8 Å². The van der Waals surface area contributed by atoms with Crippen LogP contribution in [-0.2, 0) is 0 Å². The molecule has 0 saturated carbocycles. The maximum atomic E-state index is 12.5. The van der Waals surface area contributed by atoms with Gasteiger partial charge in [-0.2, -0.15) is 0 Å². The average molecular weight is 436 g/mol. The maximum Gasteiger partial charge on any atom is 0.257 e. The van der Waals surface area contributed by atoms with E-state index in [0.29, 0.717) is 48.0 Å². The van der Waals surface area contributed by atoms with E-state index >= 15 is 0 Å². The van der Waals surface area contributed by atoms with Gasteiger partial charge in [0.1, 0.15) is 13.2 Å². The van der Waals surface area contributed by atoms with Crippen molar-refractivity contribution in [3.8, 4) is 11.5 Å². The number of benzene rings is 2. The smallest absolute Gasteiger partial charge is 0.257 e. The fourth-order valence-electron chi connectivity index (χ4n) is 3.23. The molecule has 1 aliphatic heterocycles. The number of thiocarbonyl (C=S) groups is 1. The number of ether oxygens (including phenoxy) is 2. The summed E-state index contributed by atoms with van der Waals surface area (Å²) in [5, 5.41) is 8.78. The van der Waals surface area contributed by atoms with Gasteiger partial charge in [0.2, 0.25) is 0 Å². The lowest BCUT2D eigenvalue weighted by Gasteiger charge is -2.20. The van der Waals surface area contributed by atoms with Crippen LogP contribution in [0.25, 0.3) is 0 Å². The summed E-state index contributed by atoms with van der Waals surface area (Å²) in [5.74, 6) is 0.645. The SMILES string of the molecule is O=C(NC(=S)NC1=CC(NC(=O)c2ccccc2)CC=C1)c1ccc2c(c1)OCCO2. The van der Waals surface area contributed by atoms with Crippen LogP contribution in [0.3, 0.4) is 0 Å². The zero-order valence-electron chi connectivity index (χ0n) is 16.6. The van der Waals surface area contributed by atoms with Crippen LogP contribution in [0.5, 0.6) is 11.5 Å². The zero-order valence-corrected chi connectivity index (χ0v) is 17.4. The van der Waals surface area contributed by atoms with Gasteiger partial charge in [-0.25, -0.2) is 0 Å². The van der Waals surface area contributed by atoms with Crippen LogP contribution in [0.4, 0.5) is 0 Å². The first-order valence-corrected chi connectivity index (χ1v) is 10.3. The number of carbonyl (C=O) groups is 2. The predicted octanol–water partition coefficient (Wildman–Crippen LogP) is 2.70. The molecule has 3 N–H and O–H groups in total. The highest BCUT2D eigenvalue weighted by Crippen LogP contribution is 2.30. The lowest BCUT2D eigenvalue weighted by molar-refractivity contribution is 0.0942. The van der Waals surface area contributed by atoms with Crippen molar-refractivity contribution >= 4 is 29.1 Å². The van der Waals surface area contributed by atoms with Gasteiger partial charge in [0, 0.05) is 16.8 Å². The summed E-state index contributed by atoms with van der Waals surface area (Å²) < 4.78 is 11.0. The minimum Gasteiger partial charge on any atom is -0.486 e. The first-order valence-electron chi connectivity index (χ1n) is 9.85. The Labute approximate surface area is 185 Å². The van der Waals surface area contributed by atoms with E-state index in [1.807, 2.05) is 36.4 Å². The number of rotatable bonds is 4. The minimum atomic E-state index is -0.358. The Hall–Kier alpha value is -3.65. The highest BCUT2D eigenvalue weighted by molar-refractivity contribution is 7.80. The molecule has 2 aromatic carbocycles. The van der Waals surface area contributed by atoms with Crippen LogP contribution < -0.4 is 25.4 Å². The molecule has 0 spiro atoms. The van der Waals surface area contributed by atoms with Crippen LogP contribution in [0.15, 0.2) is 72.5 Å². The molecule has 2 aromatic rings. The van der Waals surface area contributed by atoms with Crippen LogP contribution in [-0.4, -0.2) is 36.2 Å². The van der Waals surface area contributed by atoms with E-state index in [-0.39, 0.29) is 23.0 Å². The summed E-state index contributed by atoms with van der Waals surface area (Å²) in [6.07, 6.45) is 6.32. The summed E-state index contributed by atoms with van der Waals surface area (Å²) in [4.78, 5) is 24.9. The predicted molar refractivity (Wildman–Crippen MR) is 120 cm³/mol. The Morgan fingerprint density at radius 2 is 1.71 bits per heavy atom. The second kappa shape index (κ2) is 9.44. The molecule has 1 aliphatic carbocycles. The molecule has 1 unspecified atom stereocenters. The molecular formula is C23H21N3O4S. The molecule has 0 saturated heterocycles. The first kappa shape index (κ1) is 20.6. The van der Waals surface area contributed by atoms with Gasteiger partial charge in [-0.05, 0) is 61.1 Å². The molecule has 7 nitrogen and oxygen atoms in total. The van der Waals surface area contributed by atoms with Crippen molar-refractivity contribution in [3.63, 3.8) is 0 Å². The molecule has 1 atom stereocenters. The van der Waals surface area contributed by atoms with E-state index < -0.39 is 0 Å². The topological polar surface area (TPSA) is 88.7 Å². The highest BCUT2D eigenvalue weighted by atomic mass is 32.1. The van der Waals surface area contributed by atoms with Crippen molar-refractivity contribution in [2.24, 2.45) is 0 Å². The number of hydrogen-bond acceptors (Lipinski definition) is 5. The third-order valence-electron chi connectivity index (χ3n) is 4.71. The molecule has 2 aliphatic rings. The lowest BCUT2D eigenvalue weighted by Crippen LogP contribution is -2.40. The molecule has 0 radical (unpaired) electrons. The molecule has 8 heteroatoms. The van der Waals surface area contributed by atoms with Gasteiger partial charge in [-0.15, -0.1) is 0 Å². The molecule has 4 rings (SSSR count). The highest BCUT2D eigenvalue weighted by Gasteiger charge is 2.17. The van der Waals surface area contributed by atoms with Crippen molar-refractivity contribution in [2.45, 2.75) is 12.5 Å². The van der Waals surface area contributed by atoms with Crippen molar-refractivity contribution in [3.05, 3.63) is 83.6 Å². The van der Waals surface area contributed by atoms with Crippen molar-refractivity contribution in [2.75, 3.05) is 13.2 Å².